The highest BCUT2D eigenvalue weighted by Crippen LogP contribution is 2.21. The van der Waals surface area contributed by atoms with Crippen LogP contribution in [-0.2, 0) is 11.3 Å². The normalized spacial score (nSPS) is 15.5. The van der Waals surface area contributed by atoms with Crippen molar-refractivity contribution in [3.63, 3.8) is 0 Å². The van der Waals surface area contributed by atoms with Crippen LogP contribution in [0.4, 0.5) is 14.5 Å². The molecule has 144 valence electrons. The molecule has 1 aliphatic heterocycles. The molecule has 0 unspecified atom stereocenters. The Morgan fingerprint density at radius 2 is 1.63 bits per heavy atom. The van der Waals surface area contributed by atoms with Gasteiger partial charge in [0.25, 0.3) is 0 Å². The van der Waals surface area contributed by atoms with Gasteiger partial charge in [0.2, 0.25) is 5.91 Å². The average molecular weight is 375 g/mol. The molecular formula is C20H23F2N3O2. The van der Waals surface area contributed by atoms with Crippen molar-refractivity contribution in [2.45, 2.75) is 6.54 Å². The van der Waals surface area contributed by atoms with Crippen LogP contribution in [0.15, 0.2) is 42.5 Å². The van der Waals surface area contributed by atoms with E-state index in [1.807, 2.05) is 0 Å². The molecule has 0 saturated carbocycles. The Hall–Kier alpha value is -2.51. The zero-order chi connectivity index (χ0) is 19.2. The lowest BCUT2D eigenvalue weighted by molar-refractivity contribution is -0.117. The van der Waals surface area contributed by atoms with Crippen LogP contribution in [0.1, 0.15) is 5.56 Å². The maximum absolute atomic E-state index is 13.5. The number of anilines is 1. The molecule has 1 fully saturated rings. The fraction of sp³-hybridized carbons (Fsp3) is 0.350. The number of ether oxygens (including phenoxy) is 1. The molecule has 1 aliphatic rings. The van der Waals surface area contributed by atoms with Gasteiger partial charge in [-0.15, -0.1) is 0 Å². The van der Waals surface area contributed by atoms with Crippen molar-refractivity contribution < 1.29 is 18.3 Å². The molecule has 0 aliphatic carbocycles. The summed E-state index contributed by atoms with van der Waals surface area (Å²) in [5.41, 5.74) is 1.40. The third kappa shape index (κ3) is 5.48. The monoisotopic (exact) mass is 375 g/mol. The van der Waals surface area contributed by atoms with E-state index in [-0.39, 0.29) is 24.1 Å². The van der Waals surface area contributed by atoms with Gasteiger partial charge in [0.05, 0.1) is 13.7 Å². The highest BCUT2D eigenvalue weighted by atomic mass is 19.1. The van der Waals surface area contributed by atoms with Crippen LogP contribution < -0.4 is 10.1 Å². The topological polar surface area (TPSA) is 44.8 Å². The van der Waals surface area contributed by atoms with Crippen LogP contribution in [0.25, 0.3) is 0 Å². The quantitative estimate of drug-likeness (QED) is 0.843. The number of benzene rings is 2. The first kappa shape index (κ1) is 19.3. The number of methoxy groups -OCH3 is 1. The van der Waals surface area contributed by atoms with E-state index in [4.69, 9.17) is 4.74 Å². The van der Waals surface area contributed by atoms with Crippen molar-refractivity contribution in [1.29, 1.82) is 0 Å². The van der Waals surface area contributed by atoms with Crippen LogP contribution >= 0.6 is 0 Å². The maximum atomic E-state index is 13.5. The number of carbonyl (C=O) groups is 1. The third-order valence-corrected chi connectivity index (χ3v) is 4.60. The summed E-state index contributed by atoms with van der Waals surface area (Å²) in [6, 6.07) is 10.2. The van der Waals surface area contributed by atoms with Gasteiger partial charge in [0.15, 0.2) is 0 Å². The Bertz CT molecular complexity index is 775. The van der Waals surface area contributed by atoms with Crippen molar-refractivity contribution in [3.8, 4) is 5.75 Å². The minimum absolute atomic E-state index is 0.123. The van der Waals surface area contributed by atoms with E-state index in [9.17, 15) is 13.6 Å². The Morgan fingerprint density at radius 3 is 2.30 bits per heavy atom. The number of carbonyl (C=O) groups excluding carboxylic acids is 1. The van der Waals surface area contributed by atoms with Crippen molar-refractivity contribution in [2.24, 2.45) is 0 Å². The fourth-order valence-electron chi connectivity index (χ4n) is 3.15. The molecule has 5 nitrogen and oxygen atoms in total. The van der Waals surface area contributed by atoms with Gasteiger partial charge in [0.1, 0.15) is 17.4 Å². The number of hydrogen-bond acceptors (Lipinski definition) is 4. The predicted octanol–water partition coefficient (Wildman–Crippen LogP) is 2.73. The summed E-state index contributed by atoms with van der Waals surface area (Å²) in [5.74, 6) is -0.0553. The molecule has 3 rings (SSSR count). The largest absolute Gasteiger partial charge is 0.496 e. The van der Waals surface area contributed by atoms with Gasteiger partial charge in [-0.2, -0.15) is 0 Å². The van der Waals surface area contributed by atoms with E-state index in [2.05, 4.69) is 15.1 Å². The van der Waals surface area contributed by atoms with Crippen LogP contribution in [0.2, 0.25) is 0 Å². The second-order valence-electron chi connectivity index (χ2n) is 6.56. The lowest BCUT2D eigenvalue weighted by Gasteiger charge is -2.34. The van der Waals surface area contributed by atoms with Crippen LogP contribution in [0.5, 0.6) is 5.75 Å². The second-order valence-corrected chi connectivity index (χ2v) is 6.56. The molecule has 27 heavy (non-hydrogen) atoms. The van der Waals surface area contributed by atoms with E-state index in [0.717, 1.165) is 31.7 Å². The number of rotatable bonds is 6. The SMILES string of the molecule is COc1ccc(F)cc1CN1CCN(CC(=O)Nc2ccc(F)cc2)CC1. The zero-order valence-electron chi connectivity index (χ0n) is 15.3. The summed E-state index contributed by atoms with van der Waals surface area (Å²) in [6.45, 7) is 3.95. The van der Waals surface area contributed by atoms with Crippen molar-refractivity contribution in [2.75, 3.05) is 45.2 Å². The minimum atomic E-state index is -0.334. The first-order valence-electron chi connectivity index (χ1n) is 8.86. The molecule has 0 bridgehead atoms. The molecule has 1 amide bonds. The smallest absolute Gasteiger partial charge is 0.238 e. The fourth-order valence-corrected chi connectivity index (χ4v) is 3.15. The first-order chi connectivity index (χ1) is 13.0. The van der Waals surface area contributed by atoms with E-state index in [1.54, 1.807) is 13.2 Å². The van der Waals surface area contributed by atoms with Crippen LogP contribution in [0.3, 0.4) is 0 Å². The van der Waals surface area contributed by atoms with E-state index >= 15 is 0 Å². The van der Waals surface area contributed by atoms with Gasteiger partial charge in [-0.1, -0.05) is 0 Å². The molecular weight excluding hydrogens is 352 g/mol. The van der Waals surface area contributed by atoms with Gasteiger partial charge < -0.3 is 10.1 Å². The third-order valence-electron chi connectivity index (χ3n) is 4.60. The molecule has 0 spiro atoms. The number of halogens is 2. The molecule has 0 atom stereocenters. The van der Waals surface area contributed by atoms with E-state index < -0.39 is 0 Å². The molecule has 1 saturated heterocycles. The zero-order valence-corrected chi connectivity index (χ0v) is 15.3. The van der Waals surface area contributed by atoms with Gasteiger partial charge in [-0.3, -0.25) is 14.6 Å². The highest BCUT2D eigenvalue weighted by Gasteiger charge is 2.20. The lowest BCUT2D eigenvalue weighted by Crippen LogP contribution is -2.48. The first-order valence-corrected chi connectivity index (χ1v) is 8.86. The number of hydrogen-bond donors (Lipinski definition) is 1. The van der Waals surface area contributed by atoms with Crippen LogP contribution in [-0.4, -0.2) is 55.5 Å². The molecule has 1 heterocycles. The predicted molar refractivity (Wildman–Crippen MR) is 99.7 cm³/mol. The summed E-state index contributed by atoms with van der Waals surface area (Å²) in [5, 5.41) is 2.77. The summed E-state index contributed by atoms with van der Waals surface area (Å²) in [4.78, 5) is 16.4. The van der Waals surface area contributed by atoms with Gasteiger partial charge in [0, 0.05) is 44.0 Å². The summed E-state index contributed by atoms with van der Waals surface area (Å²) in [7, 11) is 1.58. The molecule has 2 aromatic carbocycles. The van der Waals surface area contributed by atoms with Crippen molar-refractivity contribution in [1.82, 2.24) is 9.80 Å². The molecule has 2 aromatic rings. The highest BCUT2D eigenvalue weighted by molar-refractivity contribution is 5.92. The number of amides is 1. The average Bonchev–Trinajstić information content (AvgIpc) is 2.65. The minimum Gasteiger partial charge on any atom is -0.496 e. The lowest BCUT2D eigenvalue weighted by atomic mass is 10.1. The van der Waals surface area contributed by atoms with Gasteiger partial charge >= 0.3 is 0 Å². The second kappa shape index (κ2) is 8.92. The van der Waals surface area contributed by atoms with Gasteiger partial charge in [-0.25, -0.2) is 8.78 Å². The number of nitrogens with one attached hydrogen (secondary N) is 1. The Kier molecular flexibility index (Phi) is 6.36. The standard InChI is InChI=1S/C20H23F2N3O2/c1-27-19-7-4-17(22)12-15(19)13-24-8-10-25(11-9-24)14-20(26)23-18-5-2-16(21)3-6-18/h2-7,12H,8-11,13-14H2,1H3,(H,23,26). The Balaban J connectivity index is 1.47. The number of nitrogens with zero attached hydrogens (tertiary/aromatic N) is 2. The van der Waals surface area contributed by atoms with Crippen LogP contribution in [0, 0.1) is 11.6 Å². The maximum Gasteiger partial charge on any atom is 0.238 e. The van der Waals surface area contributed by atoms with Crippen molar-refractivity contribution in [3.05, 3.63) is 59.7 Å². The summed E-state index contributed by atoms with van der Waals surface area (Å²) >= 11 is 0. The Labute approximate surface area is 157 Å². The summed E-state index contributed by atoms with van der Waals surface area (Å²) < 4.78 is 31.7. The molecule has 0 radical (unpaired) electrons. The van der Waals surface area contributed by atoms with E-state index in [1.165, 1.54) is 36.4 Å². The van der Waals surface area contributed by atoms with Crippen molar-refractivity contribution >= 4 is 11.6 Å². The van der Waals surface area contributed by atoms with Gasteiger partial charge in [-0.05, 0) is 42.5 Å². The Morgan fingerprint density at radius 1 is 1.00 bits per heavy atom. The number of piperazine rings is 1. The molecule has 7 heteroatoms. The molecule has 0 aromatic heterocycles. The van der Waals surface area contributed by atoms with E-state index in [0.29, 0.717) is 18.0 Å². The molecule has 1 N–H and O–H groups in total. The summed E-state index contributed by atoms with van der Waals surface area (Å²) in [6.07, 6.45) is 0.